The molecule has 0 amide bonds. The number of hydrogen-bond donors (Lipinski definition) is 2. The summed E-state index contributed by atoms with van der Waals surface area (Å²) < 4.78 is 5.67. The van der Waals surface area contributed by atoms with Crippen LogP contribution in [0.1, 0.15) is 5.56 Å². The lowest BCUT2D eigenvalue weighted by Gasteiger charge is -2.05. The van der Waals surface area contributed by atoms with Crippen molar-refractivity contribution in [1.82, 2.24) is 10.2 Å². The van der Waals surface area contributed by atoms with Crippen LogP contribution in [0.15, 0.2) is 25.8 Å². The van der Waals surface area contributed by atoms with Gasteiger partial charge in [0.1, 0.15) is 0 Å². The highest BCUT2D eigenvalue weighted by Gasteiger charge is 2.11. The van der Waals surface area contributed by atoms with Crippen molar-refractivity contribution in [3.63, 3.8) is 0 Å². The number of benzene rings is 1. The SMILES string of the molecule is Cc1c(N)cc(Br)cc1-c1n[nH]c(=O)o1. The molecule has 1 heterocycles. The maximum absolute atomic E-state index is 10.8. The molecule has 0 saturated carbocycles. The van der Waals surface area contributed by atoms with Crippen molar-refractivity contribution in [1.29, 1.82) is 0 Å². The van der Waals surface area contributed by atoms with E-state index < -0.39 is 5.76 Å². The van der Waals surface area contributed by atoms with Gasteiger partial charge >= 0.3 is 5.76 Å². The van der Waals surface area contributed by atoms with Crippen molar-refractivity contribution >= 4 is 21.6 Å². The Balaban J connectivity index is 2.67. The summed E-state index contributed by atoms with van der Waals surface area (Å²) >= 11 is 3.31. The molecule has 78 valence electrons. The first-order chi connectivity index (χ1) is 7.08. The van der Waals surface area contributed by atoms with E-state index in [-0.39, 0.29) is 5.89 Å². The Bertz CT molecular complexity index is 559. The summed E-state index contributed by atoms with van der Waals surface area (Å²) in [5.41, 5.74) is 7.92. The summed E-state index contributed by atoms with van der Waals surface area (Å²) in [6.45, 7) is 1.84. The van der Waals surface area contributed by atoms with Crippen LogP contribution in [0, 0.1) is 6.92 Å². The standard InChI is InChI=1S/C9H8BrN3O2/c1-4-6(2-5(10)3-7(4)11)8-12-13-9(14)15-8/h2-3H,11H2,1H3,(H,13,14). The first kappa shape index (κ1) is 9.97. The van der Waals surface area contributed by atoms with E-state index in [0.29, 0.717) is 11.3 Å². The van der Waals surface area contributed by atoms with Crippen molar-refractivity contribution in [3.8, 4) is 11.5 Å². The molecule has 2 rings (SSSR count). The van der Waals surface area contributed by atoms with E-state index in [1.165, 1.54) is 0 Å². The Morgan fingerprint density at radius 1 is 1.53 bits per heavy atom. The van der Waals surface area contributed by atoms with Gasteiger partial charge in [-0.15, -0.1) is 5.10 Å². The number of halogens is 1. The van der Waals surface area contributed by atoms with E-state index in [0.717, 1.165) is 10.0 Å². The Hall–Kier alpha value is -1.56. The average molecular weight is 270 g/mol. The number of rotatable bonds is 1. The van der Waals surface area contributed by atoms with Crippen LogP contribution in [0.4, 0.5) is 5.69 Å². The third-order valence-electron chi connectivity index (χ3n) is 2.08. The molecule has 0 aliphatic heterocycles. The van der Waals surface area contributed by atoms with E-state index in [1.54, 1.807) is 12.1 Å². The maximum atomic E-state index is 10.8. The van der Waals surface area contributed by atoms with Crippen LogP contribution in [-0.4, -0.2) is 10.2 Å². The number of aromatic nitrogens is 2. The van der Waals surface area contributed by atoms with Gasteiger partial charge in [0.2, 0.25) is 5.89 Å². The highest BCUT2D eigenvalue weighted by molar-refractivity contribution is 9.10. The molecule has 0 atom stereocenters. The van der Waals surface area contributed by atoms with E-state index >= 15 is 0 Å². The zero-order valence-electron chi connectivity index (χ0n) is 7.87. The lowest BCUT2D eigenvalue weighted by atomic mass is 10.1. The van der Waals surface area contributed by atoms with Crippen LogP contribution in [0.5, 0.6) is 0 Å². The molecule has 0 saturated heterocycles. The summed E-state index contributed by atoms with van der Waals surface area (Å²) in [5.74, 6) is -0.339. The van der Waals surface area contributed by atoms with Gasteiger partial charge in [-0.3, -0.25) is 0 Å². The number of nitrogens with zero attached hydrogens (tertiary/aromatic N) is 1. The summed E-state index contributed by atoms with van der Waals surface area (Å²) in [6.07, 6.45) is 0. The van der Waals surface area contributed by atoms with E-state index in [4.69, 9.17) is 10.2 Å². The van der Waals surface area contributed by atoms with E-state index in [2.05, 4.69) is 26.1 Å². The summed E-state index contributed by atoms with van der Waals surface area (Å²) in [5, 5.41) is 5.95. The van der Waals surface area contributed by atoms with E-state index in [9.17, 15) is 4.79 Å². The largest absolute Gasteiger partial charge is 0.434 e. The molecule has 0 fully saturated rings. The van der Waals surface area contributed by atoms with Crippen LogP contribution >= 0.6 is 15.9 Å². The first-order valence-electron chi connectivity index (χ1n) is 4.19. The molecule has 3 N–H and O–H groups in total. The average Bonchev–Trinajstić information content (AvgIpc) is 2.58. The first-order valence-corrected chi connectivity index (χ1v) is 4.98. The minimum Gasteiger partial charge on any atom is -0.398 e. The summed E-state index contributed by atoms with van der Waals surface area (Å²) in [7, 11) is 0. The quantitative estimate of drug-likeness (QED) is 0.772. The third-order valence-corrected chi connectivity index (χ3v) is 2.54. The highest BCUT2D eigenvalue weighted by atomic mass is 79.9. The van der Waals surface area contributed by atoms with Gasteiger partial charge in [-0.2, -0.15) is 0 Å². The molecule has 0 spiro atoms. The molecule has 1 aromatic heterocycles. The lowest BCUT2D eigenvalue weighted by Crippen LogP contribution is -1.94. The van der Waals surface area contributed by atoms with Gasteiger partial charge in [0.05, 0.1) is 0 Å². The summed E-state index contributed by atoms with van der Waals surface area (Å²) in [4.78, 5) is 10.8. The minimum absolute atomic E-state index is 0.241. The lowest BCUT2D eigenvalue weighted by molar-refractivity contribution is 0.526. The Morgan fingerprint density at radius 3 is 2.87 bits per heavy atom. The van der Waals surface area contributed by atoms with Crippen molar-refractivity contribution in [2.75, 3.05) is 5.73 Å². The highest BCUT2D eigenvalue weighted by Crippen LogP contribution is 2.28. The molecule has 1 aromatic carbocycles. The van der Waals surface area contributed by atoms with Gasteiger partial charge in [0.25, 0.3) is 0 Å². The normalized spacial score (nSPS) is 10.5. The number of nitrogen functional groups attached to an aromatic ring is 1. The molecule has 15 heavy (non-hydrogen) atoms. The number of hydrogen-bond acceptors (Lipinski definition) is 4. The van der Waals surface area contributed by atoms with Crippen LogP contribution in [0.2, 0.25) is 0 Å². The zero-order valence-corrected chi connectivity index (χ0v) is 9.46. The molecule has 0 radical (unpaired) electrons. The monoisotopic (exact) mass is 269 g/mol. The van der Waals surface area contributed by atoms with Crippen LogP contribution in [-0.2, 0) is 0 Å². The minimum atomic E-state index is -0.581. The van der Waals surface area contributed by atoms with Crippen LogP contribution < -0.4 is 11.5 Å². The number of aromatic amines is 1. The second-order valence-corrected chi connectivity index (χ2v) is 4.00. The molecule has 0 unspecified atom stereocenters. The zero-order chi connectivity index (χ0) is 11.0. The molecular weight excluding hydrogens is 262 g/mol. The van der Waals surface area contributed by atoms with Crippen molar-refractivity contribution in [3.05, 3.63) is 32.7 Å². The maximum Gasteiger partial charge on any atom is 0.434 e. The van der Waals surface area contributed by atoms with Crippen molar-refractivity contribution in [2.45, 2.75) is 6.92 Å². The number of nitrogens with one attached hydrogen (secondary N) is 1. The third kappa shape index (κ3) is 1.80. The Labute approximate surface area is 93.4 Å². The predicted octanol–water partition coefficient (Wildman–Crippen LogP) is 1.68. The second-order valence-electron chi connectivity index (χ2n) is 3.09. The fourth-order valence-corrected chi connectivity index (χ4v) is 1.74. The molecular formula is C9H8BrN3O2. The Kier molecular flexibility index (Phi) is 2.36. The van der Waals surface area contributed by atoms with Crippen molar-refractivity contribution in [2.24, 2.45) is 0 Å². The van der Waals surface area contributed by atoms with Gasteiger partial charge < -0.3 is 10.2 Å². The predicted molar refractivity (Wildman–Crippen MR) is 59.4 cm³/mol. The second kappa shape index (κ2) is 3.54. The fraction of sp³-hybridized carbons (Fsp3) is 0.111. The fourth-order valence-electron chi connectivity index (χ4n) is 1.27. The number of nitrogens with two attached hydrogens (primary N) is 1. The van der Waals surface area contributed by atoms with Gasteiger partial charge in [0, 0.05) is 15.7 Å². The molecule has 2 aromatic rings. The Morgan fingerprint density at radius 2 is 2.27 bits per heavy atom. The molecule has 0 aliphatic carbocycles. The van der Waals surface area contributed by atoms with Crippen LogP contribution in [0.3, 0.4) is 0 Å². The molecule has 6 heteroatoms. The molecule has 5 nitrogen and oxygen atoms in total. The van der Waals surface area contributed by atoms with Gasteiger partial charge in [-0.05, 0) is 24.6 Å². The summed E-state index contributed by atoms with van der Waals surface area (Å²) in [6, 6.07) is 3.58. The molecule has 0 aliphatic rings. The van der Waals surface area contributed by atoms with Gasteiger partial charge in [-0.1, -0.05) is 15.9 Å². The number of anilines is 1. The smallest absolute Gasteiger partial charge is 0.398 e. The van der Waals surface area contributed by atoms with E-state index in [1.807, 2.05) is 6.92 Å². The van der Waals surface area contributed by atoms with Crippen LogP contribution in [0.25, 0.3) is 11.5 Å². The topological polar surface area (TPSA) is 84.9 Å². The van der Waals surface area contributed by atoms with Gasteiger partial charge in [0.15, 0.2) is 0 Å². The van der Waals surface area contributed by atoms with Crippen molar-refractivity contribution < 1.29 is 4.42 Å². The molecule has 0 bridgehead atoms. The van der Waals surface area contributed by atoms with Gasteiger partial charge in [-0.25, -0.2) is 9.89 Å². The number of H-pyrrole nitrogens is 1.